The van der Waals surface area contributed by atoms with Crippen LogP contribution in [0.15, 0.2) is 30.6 Å². The standard InChI is InChI=1S/C15H15Cl2N3O3/c1-2-19(6-5-14(21)22)15(23)10-8-18-20(9-10)13-4-3-11(16)7-12(13)17/h3-4,7-9H,2,5-6H2,1H3,(H,21,22). The molecule has 2 aromatic rings. The molecule has 2 rings (SSSR count). The van der Waals surface area contributed by atoms with E-state index >= 15 is 0 Å². The van der Waals surface area contributed by atoms with Gasteiger partial charge < -0.3 is 10.0 Å². The Bertz CT molecular complexity index is 731. The van der Waals surface area contributed by atoms with Crippen molar-refractivity contribution in [1.82, 2.24) is 14.7 Å². The largest absolute Gasteiger partial charge is 0.481 e. The summed E-state index contributed by atoms with van der Waals surface area (Å²) in [5.74, 6) is -1.22. The van der Waals surface area contributed by atoms with Gasteiger partial charge in [0.25, 0.3) is 5.91 Å². The number of benzene rings is 1. The predicted octanol–water partition coefficient (Wildman–Crippen LogP) is 3.12. The number of carbonyl (C=O) groups excluding carboxylic acids is 1. The van der Waals surface area contributed by atoms with Crippen LogP contribution in [0.4, 0.5) is 0 Å². The zero-order chi connectivity index (χ0) is 17.0. The van der Waals surface area contributed by atoms with Crippen LogP contribution in [0.2, 0.25) is 10.0 Å². The van der Waals surface area contributed by atoms with Crippen LogP contribution in [0.5, 0.6) is 0 Å². The highest BCUT2D eigenvalue weighted by molar-refractivity contribution is 6.35. The van der Waals surface area contributed by atoms with Crippen molar-refractivity contribution in [3.05, 3.63) is 46.2 Å². The van der Waals surface area contributed by atoms with Gasteiger partial charge in [-0.25, -0.2) is 4.68 Å². The maximum absolute atomic E-state index is 12.4. The third kappa shape index (κ3) is 4.24. The van der Waals surface area contributed by atoms with E-state index < -0.39 is 5.97 Å². The number of aliphatic carboxylic acids is 1. The Morgan fingerprint density at radius 1 is 1.35 bits per heavy atom. The first-order valence-electron chi connectivity index (χ1n) is 6.93. The molecule has 1 aromatic carbocycles. The number of hydrogen-bond acceptors (Lipinski definition) is 3. The fourth-order valence-electron chi connectivity index (χ4n) is 2.05. The molecule has 0 unspecified atom stereocenters. The van der Waals surface area contributed by atoms with Crippen molar-refractivity contribution in [2.75, 3.05) is 13.1 Å². The molecule has 0 aliphatic rings. The Labute approximate surface area is 143 Å². The molecule has 0 saturated heterocycles. The van der Waals surface area contributed by atoms with Crippen LogP contribution in [0.3, 0.4) is 0 Å². The van der Waals surface area contributed by atoms with Crippen molar-refractivity contribution >= 4 is 35.1 Å². The van der Waals surface area contributed by atoms with Gasteiger partial charge in [-0.05, 0) is 25.1 Å². The quantitative estimate of drug-likeness (QED) is 0.863. The van der Waals surface area contributed by atoms with E-state index in [4.69, 9.17) is 28.3 Å². The minimum absolute atomic E-state index is 0.100. The van der Waals surface area contributed by atoms with Crippen LogP contribution in [0.1, 0.15) is 23.7 Å². The lowest BCUT2D eigenvalue weighted by Crippen LogP contribution is -2.32. The number of amides is 1. The highest BCUT2D eigenvalue weighted by Crippen LogP contribution is 2.24. The van der Waals surface area contributed by atoms with Crippen LogP contribution in [-0.2, 0) is 4.79 Å². The molecule has 0 saturated carbocycles. The molecule has 0 fully saturated rings. The Balaban J connectivity index is 2.20. The molecular weight excluding hydrogens is 341 g/mol. The number of carboxylic acids is 1. The first-order chi connectivity index (χ1) is 10.9. The summed E-state index contributed by atoms with van der Waals surface area (Å²) in [6.45, 7) is 2.36. The van der Waals surface area contributed by atoms with Crippen molar-refractivity contribution in [3.63, 3.8) is 0 Å². The zero-order valence-electron chi connectivity index (χ0n) is 12.4. The summed E-state index contributed by atoms with van der Waals surface area (Å²) < 4.78 is 1.48. The predicted molar refractivity (Wildman–Crippen MR) is 87.4 cm³/mol. The van der Waals surface area contributed by atoms with E-state index in [0.717, 1.165) is 0 Å². The summed E-state index contributed by atoms with van der Waals surface area (Å²) in [6.07, 6.45) is 2.88. The van der Waals surface area contributed by atoms with Crippen LogP contribution >= 0.6 is 23.2 Å². The molecule has 0 spiro atoms. The Kier molecular flexibility index (Phi) is 5.63. The average molecular weight is 356 g/mol. The van der Waals surface area contributed by atoms with Crippen LogP contribution < -0.4 is 0 Å². The van der Waals surface area contributed by atoms with Crippen molar-refractivity contribution in [2.45, 2.75) is 13.3 Å². The van der Waals surface area contributed by atoms with Crippen molar-refractivity contribution in [1.29, 1.82) is 0 Å². The lowest BCUT2D eigenvalue weighted by molar-refractivity contribution is -0.137. The molecule has 0 bridgehead atoms. The van der Waals surface area contributed by atoms with Crippen molar-refractivity contribution in [3.8, 4) is 5.69 Å². The number of carboxylic acid groups (broad SMARTS) is 1. The molecule has 6 nitrogen and oxygen atoms in total. The summed E-state index contributed by atoms with van der Waals surface area (Å²) in [5.41, 5.74) is 0.965. The van der Waals surface area contributed by atoms with Gasteiger partial charge >= 0.3 is 5.97 Å². The highest BCUT2D eigenvalue weighted by Gasteiger charge is 2.17. The molecule has 8 heteroatoms. The number of aromatic nitrogens is 2. The summed E-state index contributed by atoms with van der Waals surface area (Å²) in [4.78, 5) is 24.5. The SMILES string of the molecule is CCN(CCC(=O)O)C(=O)c1cnn(-c2ccc(Cl)cc2Cl)c1. The minimum atomic E-state index is -0.945. The molecule has 0 aliphatic heterocycles. The summed E-state index contributed by atoms with van der Waals surface area (Å²) in [7, 11) is 0. The maximum Gasteiger partial charge on any atom is 0.305 e. The van der Waals surface area contributed by atoms with E-state index in [1.165, 1.54) is 15.8 Å². The normalized spacial score (nSPS) is 10.6. The van der Waals surface area contributed by atoms with Crippen molar-refractivity contribution < 1.29 is 14.7 Å². The smallest absolute Gasteiger partial charge is 0.305 e. The summed E-state index contributed by atoms with van der Waals surface area (Å²) >= 11 is 12.0. The zero-order valence-corrected chi connectivity index (χ0v) is 13.9. The number of rotatable bonds is 6. The summed E-state index contributed by atoms with van der Waals surface area (Å²) in [6, 6.07) is 4.97. The van der Waals surface area contributed by atoms with Gasteiger partial charge in [-0.2, -0.15) is 5.10 Å². The second-order valence-corrected chi connectivity index (χ2v) is 5.64. The van der Waals surface area contributed by atoms with Crippen molar-refractivity contribution in [2.24, 2.45) is 0 Å². The topological polar surface area (TPSA) is 75.4 Å². The van der Waals surface area contributed by atoms with E-state index in [0.29, 0.717) is 27.8 Å². The third-order valence-electron chi connectivity index (χ3n) is 3.25. The van der Waals surface area contributed by atoms with Gasteiger partial charge in [0, 0.05) is 24.3 Å². The minimum Gasteiger partial charge on any atom is -0.481 e. The second-order valence-electron chi connectivity index (χ2n) is 4.80. The van der Waals surface area contributed by atoms with Gasteiger partial charge in [-0.15, -0.1) is 0 Å². The van der Waals surface area contributed by atoms with E-state index in [2.05, 4.69) is 5.10 Å². The van der Waals surface area contributed by atoms with Crippen LogP contribution in [0, 0.1) is 0 Å². The van der Waals surface area contributed by atoms with Gasteiger partial charge in [-0.1, -0.05) is 23.2 Å². The fraction of sp³-hybridized carbons (Fsp3) is 0.267. The van der Waals surface area contributed by atoms with Gasteiger partial charge in [-0.3, -0.25) is 9.59 Å². The van der Waals surface area contributed by atoms with E-state index in [1.807, 2.05) is 0 Å². The molecule has 122 valence electrons. The molecule has 23 heavy (non-hydrogen) atoms. The lowest BCUT2D eigenvalue weighted by atomic mass is 10.2. The Morgan fingerprint density at radius 3 is 2.70 bits per heavy atom. The van der Waals surface area contributed by atoms with Gasteiger partial charge in [0.05, 0.1) is 28.9 Å². The Morgan fingerprint density at radius 2 is 2.09 bits per heavy atom. The molecule has 0 atom stereocenters. The number of nitrogens with zero attached hydrogens (tertiary/aromatic N) is 3. The highest BCUT2D eigenvalue weighted by atomic mass is 35.5. The van der Waals surface area contributed by atoms with E-state index in [-0.39, 0.29) is 18.9 Å². The van der Waals surface area contributed by atoms with Gasteiger partial charge in [0.15, 0.2) is 0 Å². The van der Waals surface area contributed by atoms with Crippen LogP contribution in [-0.4, -0.2) is 44.8 Å². The van der Waals surface area contributed by atoms with E-state index in [1.54, 1.807) is 31.3 Å². The van der Waals surface area contributed by atoms with Gasteiger partial charge in [0.1, 0.15) is 0 Å². The molecule has 1 N–H and O–H groups in total. The monoisotopic (exact) mass is 355 g/mol. The molecule has 1 aromatic heterocycles. The van der Waals surface area contributed by atoms with Gasteiger partial charge in [0.2, 0.25) is 0 Å². The third-order valence-corrected chi connectivity index (χ3v) is 3.79. The maximum atomic E-state index is 12.4. The molecule has 0 aliphatic carbocycles. The number of hydrogen-bond donors (Lipinski definition) is 1. The molecule has 1 amide bonds. The molecular formula is C15H15Cl2N3O3. The first kappa shape index (κ1) is 17.3. The summed E-state index contributed by atoms with van der Waals surface area (Å²) in [5, 5.41) is 13.8. The average Bonchev–Trinajstić information content (AvgIpc) is 2.97. The number of carbonyl (C=O) groups is 2. The molecule has 0 radical (unpaired) electrons. The number of halogens is 2. The fourth-order valence-corrected chi connectivity index (χ4v) is 2.54. The van der Waals surface area contributed by atoms with E-state index in [9.17, 15) is 9.59 Å². The second kappa shape index (κ2) is 7.48. The lowest BCUT2D eigenvalue weighted by Gasteiger charge is -2.18. The molecule has 1 heterocycles. The Hall–Kier alpha value is -2.05. The van der Waals surface area contributed by atoms with Crippen LogP contribution in [0.25, 0.3) is 5.69 Å². The first-order valence-corrected chi connectivity index (χ1v) is 7.69.